The number of nitrogens with zero attached hydrogens (tertiary/aromatic N) is 6. The van der Waals surface area contributed by atoms with Gasteiger partial charge in [0.1, 0.15) is 0 Å². The molecule has 12 rings (SSSR count). The van der Waals surface area contributed by atoms with E-state index in [1.54, 1.807) is 0 Å². The van der Waals surface area contributed by atoms with Crippen molar-refractivity contribution in [1.82, 2.24) is 60.3 Å². The minimum absolute atomic E-state index is 0.107. The third kappa shape index (κ3) is 17.9. The molecule has 3 aromatic heterocycles. The minimum Gasteiger partial charge on any atom is -0.465 e. The second-order valence-corrected chi connectivity index (χ2v) is 27.7. The molecule has 3 aliphatic carbocycles. The molecule has 0 bridgehead atoms. The summed E-state index contributed by atoms with van der Waals surface area (Å²) in [6.45, 7) is 22.5. The van der Waals surface area contributed by atoms with Gasteiger partial charge in [0.15, 0.2) is 0 Å². The van der Waals surface area contributed by atoms with E-state index in [1.165, 1.54) is 64.2 Å². The largest absolute Gasteiger partial charge is 0.465 e. The van der Waals surface area contributed by atoms with Gasteiger partial charge in [-0.25, -0.2) is 14.4 Å². The molecule has 6 aromatic rings. The topological polar surface area (TPSA) is 362 Å². The van der Waals surface area contributed by atoms with Crippen molar-refractivity contribution in [2.24, 2.45) is 35.0 Å². The first-order valence-corrected chi connectivity index (χ1v) is 37.1. The Bertz CT molecular complexity index is 3700. The molecule has 3 saturated heterocycles. The predicted octanol–water partition coefficient (Wildman–Crippen LogP) is 6.40. The minimum atomic E-state index is -0.505. The number of aromatic nitrogens is 3. The van der Waals surface area contributed by atoms with Crippen LogP contribution in [0, 0.1) is 17.8 Å². The summed E-state index contributed by atoms with van der Waals surface area (Å²) < 4.78 is 15.1. The number of carbonyl (C=O) groups excluding carboxylic acids is 9. The third-order valence-corrected chi connectivity index (χ3v) is 21.2. The van der Waals surface area contributed by atoms with Crippen molar-refractivity contribution in [2.45, 2.75) is 114 Å². The molecule has 12 N–H and O–H groups in total. The Morgan fingerprint density at radius 3 is 0.981 bits per heavy atom. The molecule has 0 saturated carbocycles. The van der Waals surface area contributed by atoms with Crippen molar-refractivity contribution in [3.8, 4) is 0 Å². The molecule has 9 atom stereocenters. The summed E-state index contributed by atoms with van der Waals surface area (Å²) in [7, 11) is 0. The monoisotopic (exact) mass is 1440 g/mol. The summed E-state index contributed by atoms with van der Waals surface area (Å²) in [6, 6.07) is 18.5. The molecule has 27 heteroatoms. The van der Waals surface area contributed by atoms with Crippen LogP contribution in [0.4, 0.5) is 14.4 Å². The number of rotatable bonds is 27. The van der Waals surface area contributed by atoms with Gasteiger partial charge >= 0.3 is 36.0 Å². The van der Waals surface area contributed by atoms with Gasteiger partial charge in [-0.2, -0.15) is 0 Å². The van der Waals surface area contributed by atoms with Gasteiger partial charge in [-0.1, -0.05) is 54.6 Å². The van der Waals surface area contributed by atoms with Gasteiger partial charge in [0.2, 0.25) is 17.7 Å². The molecule has 564 valence electrons. The standard InChI is InChI=1S/3C26H35N5O4/c3*1-3-9-30-16-18(25(33)31(26(34)28-4-2)10-6-11-35-23(32)14-27)12-20-19-7-5-8-21-24(19)17(15-29-21)13-22(20)30/h3*3,5,7-8,15,18,20,22,29H,1,4,6,9-14,16,27H2,2H3,(H,28,34)/t3*18-,20-,22-/m111/s1. The van der Waals surface area contributed by atoms with E-state index < -0.39 is 36.0 Å². The zero-order valence-corrected chi connectivity index (χ0v) is 60.9. The lowest BCUT2D eigenvalue weighted by atomic mass is 9.72. The van der Waals surface area contributed by atoms with Gasteiger partial charge < -0.3 is 62.3 Å². The number of aromatic amines is 3. The van der Waals surface area contributed by atoms with Crippen LogP contribution in [0.2, 0.25) is 0 Å². The molecule has 0 unspecified atom stereocenters. The van der Waals surface area contributed by atoms with Crippen molar-refractivity contribution in [3.63, 3.8) is 0 Å². The summed E-state index contributed by atoms with van der Waals surface area (Å²) in [6.07, 6.45) is 17.8. The molecule has 27 nitrogen and oxygen atoms in total. The van der Waals surface area contributed by atoms with Crippen molar-refractivity contribution in [3.05, 3.63) is 145 Å². The van der Waals surface area contributed by atoms with Crippen LogP contribution < -0.4 is 33.2 Å². The molecular formula is C78H105N15O12. The van der Waals surface area contributed by atoms with Crippen molar-refractivity contribution in [2.75, 3.05) is 118 Å². The quantitative estimate of drug-likeness (QED) is 0.0116. The van der Waals surface area contributed by atoms with Gasteiger partial charge in [-0.3, -0.25) is 58.2 Å². The molecule has 3 fully saturated rings. The lowest BCUT2D eigenvalue weighted by molar-refractivity contribution is -0.143. The fourth-order valence-electron chi connectivity index (χ4n) is 16.8. The lowest BCUT2D eigenvalue weighted by Gasteiger charge is -2.47. The number of ether oxygens (including phenoxy) is 3. The highest BCUT2D eigenvalue weighted by Gasteiger charge is 2.48. The van der Waals surface area contributed by atoms with Crippen LogP contribution in [-0.4, -0.2) is 234 Å². The van der Waals surface area contributed by atoms with Crippen LogP contribution in [0.5, 0.6) is 0 Å². The Morgan fingerprint density at radius 1 is 0.457 bits per heavy atom. The van der Waals surface area contributed by atoms with Crippen molar-refractivity contribution >= 4 is 86.4 Å². The first-order valence-electron chi connectivity index (χ1n) is 37.1. The number of H-pyrrole nitrogens is 3. The number of amides is 9. The summed E-state index contributed by atoms with van der Waals surface area (Å²) in [5, 5.41) is 12.0. The normalized spacial score (nSPS) is 21.3. The summed E-state index contributed by atoms with van der Waals surface area (Å²) >= 11 is 0. The van der Waals surface area contributed by atoms with Crippen LogP contribution in [0.3, 0.4) is 0 Å². The fraction of sp³-hybridized carbons (Fsp3) is 0.500. The Labute approximate surface area is 613 Å². The maximum Gasteiger partial charge on any atom is 0.324 e. The SMILES string of the molecule is C=CCN1C[C@H](C(=O)N(CCCOC(=O)CN)C(=O)NCC)C[C@@H]2c3cccc4[nH]cc(c34)C[C@H]21.C=CCN1C[C@H](C(=O)N(CCCOC(=O)CN)C(=O)NCC)C[C@@H]2c3cccc4[nH]cc(c34)C[C@H]21.C=CCN1C[C@H](C(=O)N(CCCOC(=O)CN)C(=O)NCC)C[C@@H]2c3cccc4[nH]cc(c34)C[C@H]21. The second kappa shape index (κ2) is 37.0. The number of hydrogen-bond donors (Lipinski definition) is 9. The van der Waals surface area contributed by atoms with Gasteiger partial charge in [-0.15, -0.1) is 19.7 Å². The first-order chi connectivity index (χ1) is 50.9. The first kappa shape index (κ1) is 78.1. The van der Waals surface area contributed by atoms with Gasteiger partial charge in [-0.05, 0) is 130 Å². The van der Waals surface area contributed by atoms with E-state index in [2.05, 4.69) is 139 Å². The Kier molecular flexibility index (Phi) is 27.5. The van der Waals surface area contributed by atoms with E-state index in [0.717, 1.165) is 35.8 Å². The number of benzene rings is 3. The Balaban J connectivity index is 0.000000169. The van der Waals surface area contributed by atoms with E-state index in [0.29, 0.717) is 97.4 Å². The molecule has 0 radical (unpaired) electrons. The van der Waals surface area contributed by atoms with Crippen LogP contribution in [-0.2, 0) is 62.2 Å². The van der Waals surface area contributed by atoms with Crippen LogP contribution in [0.1, 0.15) is 110 Å². The molecular weight excluding hydrogens is 1340 g/mol. The van der Waals surface area contributed by atoms with Gasteiger partial charge in [0.05, 0.1) is 57.2 Å². The Morgan fingerprint density at radius 2 is 0.733 bits per heavy atom. The second-order valence-electron chi connectivity index (χ2n) is 27.7. The van der Waals surface area contributed by atoms with E-state index in [9.17, 15) is 43.2 Å². The lowest BCUT2D eigenvalue weighted by Crippen LogP contribution is -2.55. The maximum absolute atomic E-state index is 13.7. The molecule has 3 aliphatic heterocycles. The molecule has 105 heavy (non-hydrogen) atoms. The van der Waals surface area contributed by atoms with Crippen LogP contribution in [0.25, 0.3) is 32.7 Å². The van der Waals surface area contributed by atoms with Gasteiger partial charge in [0, 0.05) is 166 Å². The fourth-order valence-corrected chi connectivity index (χ4v) is 16.8. The molecule has 6 aliphatic rings. The highest BCUT2D eigenvalue weighted by Crippen LogP contribution is 2.48. The van der Waals surface area contributed by atoms with E-state index in [1.807, 2.05) is 39.0 Å². The van der Waals surface area contributed by atoms with E-state index in [4.69, 9.17) is 31.4 Å². The number of carbonyl (C=O) groups is 9. The number of piperidine rings is 3. The van der Waals surface area contributed by atoms with Crippen molar-refractivity contribution in [1.29, 1.82) is 0 Å². The van der Waals surface area contributed by atoms with Crippen LogP contribution in [0.15, 0.2) is 111 Å². The summed E-state index contributed by atoms with van der Waals surface area (Å²) in [5.41, 5.74) is 26.9. The zero-order valence-electron chi connectivity index (χ0n) is 60.9. The van der Waals surface area contributed by atoms with Crippen molar-refractivity contribution < 1.29 is 57.4 Å². The molecule has 3 aromatic carbocycles. The number of likely N-dealkylation sites (tertiary alicyclic amines) is 3. The number of nitrogens with one attached hydrogen (secondary N) is 6. The number of nitrogens with two attached hydrogens (primary N) is 3. The average molecular weight is 1440 g/mol. The number of esters is 3. The van der Waals surface area contributed by atoms with Gasteiger partial charge in [0.25, 0.3) is 0 Å². The summed E-state index contributed by atoms with van der Waals surface area (Å²) in [4.78, 5) is 135. The number of hydrogen-bond acceptors (Lipinski definition) is 18. The van der Waals surface area contributed by atoms with E-state index >= 15 is 0 Å². The molecule has 9 amide bonds. The third-order valence-electron chi connectivity index (χ3n) is 21.2. The zero-order chi connectivity index (χ0) is 74.8. The maximum atomic E-state index is 13.7. The number of imide groups is 3. The smallest absolute Gasteiger partial charge is 0.324 e. The summed E-state index contributed by atoms with van der Waals surface area (Å²) in [5.74, 6) is -2.53. The highest BCUT2D eigenvalue weighted by molar-refractivity contribution is 5.98. The average Bonchev–Trinajstić information content (AvgIpc) is 1.71. The van der Waals surface area contributed by atoms with E-state index in [-0.39, 0.29) is 130 Å². The Hall–Kier alpha value is -9.51. The number of urea groups is 3. The van der Waals surface area contributed by atoms with Crippen LogP contribution >= 0.6 is 0 Å². The number of fused-ring (bicyclic) bond motifs is 6. The highest BCUT2D eigenvalue weighted by atomic mass is 16.5. The molecule has 6 heterocycles. The predicted molar refractivity (Wildman–Crippen MR) is 401 cm³/mol. The molecule has 0 spiro atoms.